The molecule has 5 nitrogen and oxygen atoms in total. The number of rotatable bonds is 6. The molecule has 2 N–H and O–H groups in total. The Morgan fingerprint density at radius 1 is 1.12 bits per heavy atom. The quantitative estimate of drug-likeness (QED) is 0.653. The molecule has 0 unspecified atom stereocenters. The molecule has 136 valence electrons. The van der Waals surface area contributed by atoms with Crippen molar-refractivity contribution in [1.82, 2.24) is 9.97 Å². The van der Waals surface area contributed by atoms with Gasteiger partial charge in [-0.05, 0) is 50.3 Å². The van der Waals surface area contributed by atoms with E-state index < -0.39 is 0 Å². The average Bonchev–Trinajstić information content (AvgIpc) is 2.66. The van der Waals surface area contributed by atoms with E-state index in [1.165, 1.54) is 43.7 Å². The fourth-order valence-electron chi connectivity index (χ4n) is 2.78. The first-order valence-corrected chi connectivity index (χ1v) is 9.37. The van der Waals surface area contributed by atoms with E-state index in [0.717, 1.165) is 13.0 Å². The normalized spacial score (nSPS) is 13.8. The van der Waals surface area contributed by atoms with E-state index in [2.05, 4.69) is 26.7 Å². The van der Waals surface area contributed by atoms with Crippen molar-refractivity contribution in [2.75, 3.05) is 17.2 Å². The van der Waals surface area contributed by atoms with Gasteiger partial charge in [-0.1, -0.05) is 34.9 Å². The van der Waals surface area contributed by atoms with Crippen LogP contribution >= 0.6 is 23.2 Å². The maximum atomic E-state index is 12.2. The van der Waals surface area contributed by atoms with Crippen LogP contribution in [0.25, 0.3) is 0 Å². The molecule has 0 spiro atoms. The Balaban J connectivity index is 1.52. The van der Waals surface area contributed by atoms with Crippen LogP contribution in [0.3, 0.4) is 0 Å². The first-order valence-electron chi connectivity index (χ1n) is 8.62. The maximum Gasteiger partial charge on any atom is 0.258 e. The van der Waals surface area contributed by atoms with Gasteiger partial charge in [0.15, 0.2) is 0 Å². The molecule has 0 radical (unpaired) electrons. The maximum absolute atomic E-state index is 12.2. The molecular weight excluding hydrogens is 371 g/mol. The Bertz CT molecular complexity index is 806. The molecule has 7 heteroatoms. The number of hydrogen-bond donors (Lipinski definition) is 2. The molecule has 0 aliphatic heterocycles. The molecule has 26 heavy (non-hydrogen) atoms. The second kappa shape index (κ2) is 9.01. The summed E-state index contributed by atoms with van der Waals surface area (Å²) in [4.78, 5) is 20.7. The van der Waals surface area contributed by atoms with Gasteiger partial charge in [-0.25, -0.2) is 9.97 Å². The Hall–Kier alpha value is -2.11. The number of carbonyl (C=O) groups excluding carboxylic acids is 1. The summed E-state index contributed by atoms with van der Waals surface area (Å²) in [6.07, 6.45) is 11.3. The van der Waals surface area contributed by atoms with Crippen molar-refractivity contribution in [2.24, 2.45) is 0 Å². The molecule has 0 fully saturated rings. The Kier molecular flexibility index (Phi) is 6.47. The van der Waals surface area contributed by atoms with Crippen LogP contribution in [0.5, 0.6) is 0 Å². The summed E-state index contributed by atoms with van der Waals surface area (Å²) < 4.78 is 0. The minimum Gasteiger partial charge on any atom is -0.354 e. The molecule has 3 rings (SSSR count). The molecule has 2 aromatic rings. The highest BCUT2D eigenvalue weighted by Crippen LogP contribution is 2.25. The van der Waals surface area contributed by atoms with Crippen LogP contribution in [-0.2, 0) is 0 Å². The molecule has 0 atom stereocenters. The Morgan fingerprint density at radius 2 is 1.92 bits per heavy atom. The van der Waals surface area contributed by atoms with Crippen LogP contribution in [0.2, 0.25) is 10.0 Å². The molecule has 0 saturated carbocycles. The zero-order valence-corrected chi connectivity index (χ0v) is 15.8. The largest absolute Gasteiger partial charge is 0.354 e. The minimum absolute atomic E-state index is 0.303. The highest BCUT2D eigenvalue weighted by atomic mass is 35.5. The fourth-order valence-corrected chi connectivity index (χ4v) is 3.08. The van der Waals surface area contributed by atoms with Crippen LogP contribution in [-0.4, -0.2) is 22.4 Å². The van der Waals surface area contributed by atoms with Crippen molar-refractivity contribution < 1.29 is 4.79 Å². The summed E-state index contributed by atoms with van der Waals surface area (Å²) in [7, 11) is 0. The number of aromatic nitrogens is 2. The zero-order chi connectivity index (χ0) is 18.4. The standard InChI is InChI=1S/C19H20Cl2N4O/c20-16-7-6-15(10-17(16)21)25-18(26)14-11-23-19(24-12-14)22-9-8-13-4-2-1-3-5-13/h4,6-7,10-12H,1-3,5,8-9H2,(H,25,26)(H,22,23,24). The number of hydrogen-bond acceptors (Lipinski definition) is 4. The second-order valence-corrected chi connectivity index (χ2v) is 6.98. The highest BCUT2D eigenvalue weighted by Gasteiger charge is 2.09. The fraction of sp³-hybridized carbons (Fsp3) is 0.316. The number of carbonyl (C=O) groups is 1. The van der Waals surface area contributed by atoms with E-state index >= 15 is 0 Å². The molecule has 1 heterocycles. The van der Waals surface area contributed by atoms with E-state index in [1.807, 2.05) is 0 Å². The van der Waals surface area contributed by atoms with Gasteiger partial charge >= 0.3 is 0 Å². The molecule has 1 aliphatic carbocycles. The number of amides is 1. The molecule has 0 bridgehead atoms. The van der Waals surface area contributed by atoms with Crippen LogP contribution in [0.1, 0.15) is 42.5 Å². The first-order chi connectivity index (χ1) is 12.6. The minimum atomic E-state index is -0.303. The second-order valence-electron chi connectivity index (χ2n) is 6.16. The third-order valence-corrected chi connectivity index (χ3v) is 4.94. The van der Waals surface area contributed by atoms with Crippen LogP contribution in [0.4, 0.5) is 11.6 Å². The third-order valence-electron chi connectivity index (χ3n) is 4.21. The van der Waals surface area contributed by atoms with E-state index in [0.29, 0.717) is 27.2 Å². The lowest BCUT2D eigenvalue weighted by Crippen LogP contribution is -2.14. The van der Waals surface area contributed by atoms with Gasteiger partial charge in [-0.15, -0.1) is 0 Å². The number of nitrogens with one attached hydrogen (secondary N) is 2. The number of anilines is 2. The van der Waals surface area contributed by atoms with Gasteiger partial charge in [-0.2, -0.15) is 0 Å². The van der Waals surface area contributed by atoms with E-state index in [-0.39, 0.29) is 5.91 Å². The lowest BCUT2D eigenvalue weighted by Gasteiger charge is -2.12. The lowest BCUT2D eigenvalue weighted by molar-refractivity contribution is 0.102. The zero-order valence-electron chi connectivity index (χ0n) is 14.3. The van der Waals surface area contributed by atoms with Gasteiger partial charge in [0.25, 0.3) is 5.91 Å². The summed E-state index contributed by atoms with van der Waals surface area (Å²) in [6, 6.07) is 4.91. The van der Waals surface area contributed by atoms with E-state index in [9.17, 15) is 4.79 Å². The predicted octanol–water partition coefficient (Wildman–Crippen LogP) is 5.34. The van der Waals surface area contributed by atoms with Crippen molar-refractivity contribution >= 4 is 40.7 Å². The molecule has 1 aromatic heterocycles. The molecule has 0 saturated heterocycles. The molecule has 1 aromatic carbocycles. The Labute approximate surface area is 162 Å². The number of benzene rings is 1. The monoisotopic (exact) mass is 390 g/mol. The van der Waals surface area contributed by atoms with Gasteiger partial charge < -0.3 is 10.6 Å². The first kappa shape index (κ1) is 18.7. The average molecular weight is 391 g/mol. The van der Waals surface area contributed by atoms with Crippen molar-refractivity contribution in [3.05, 3.63) is 57.9 Å². The summed E-state index contributed by atoms with van der Waals surface area (Å²) in [5, 5.41) is 6.76. The Morgan fingerprint density at radius 3 is 2.62 bits per heavy atom. The smallest absolute Gasteiger partial charge is 0.258 e. The van der Waals surface area contributed by atoms with Gasteiger partial charge in [0.05, 0.1) is 15.6 Å². The van der Waals surface area contributed by atoms with Gasteiger partial charge in [0, 0.05) is 24.6 Å². The number of halogens is 2. The summed E-state index contributed by atoms with van der Waals surface area (Å²) >= 11 is 11.8. The van der Waals surface area contributed by atoms with Gasteiger partial charge in [0.2, 0.25) is 5.95 Å². The topological polar surface area (TPSA) is 66.9 Å². The van der Waals surface area contributed by atoms with Gasteiger partial charge in [-0.3, -0.25) is 4.79 Å². The van der Waals surface area contributed by atoms with Gasteiger partial charge in [0.1, 0.15) is 0 Å². The summed E-state index contributed by atoms with van der Waals surface area (Å²) in [6.45, 7) is 0.792. The van der Waals surface area contributed by atoms with Crippen LogP contribution < -0.4 is 10.6 Å². The van der Waals surface area contributed by atoms with Crippen molar-refractivity contribution in [1.29, 1.82) is 0 Å². The van der Waals surface area contributed by atoms with E-state index in [1.54, 1.807) is 18.2 Å². The lowest BCUT2D eigenvalue weighted by atomic mass is 9.97. The summed E-state index contributed by atoms with van der Waals surface area (Å²) in [5.41, 5.74) is 2.44. The highest BCUT2D eigenvalue weighted by molar-refractivity contribution is 6.42. The number of nitrogens with zero attached hydrogens (tertiary/aromatic N) is 2. The third kappa shape index (κ3) is 5.19. The predicted molar refractivity (Wildman–Crippen MR) is 106 cm³/mol. The SMILES string of the molecule is O=C(Nc1ccc(Cl)c(Cl)c1)c1cnc(NCCC2=CCCCC2)nc1. The van der Waals surface area contributed by atoms with Crippen molar-refractivity contribution in [3.63, 3.8) is 0 Å². The van der Waals surface area contributed by atoms with Crippen molar-refractivity contribution in [2.45, 2.75) is 32.1 Å². The molecule has 1 aliphatic rings. The molecule has 1 amide bonds. The molecular formula is C19H20Cl2N4O. The van der Waals surface area contributed by atoms with Crippen LogP contribution in [0, 0.1) is 0 Å². The van der Waals surface area contributed by atoms with E-state index in [4.69, 9.17) is 23.2 Å². The summed E-state index contributed by atoms with van der Waals surface area (Å²) in [5.74, 6) is 0.217. The van der Waals surface area contributed by atoms with Crippen LogP contribution in [0.15, 0.2) is 42.2 Å². The number of allylic oxidation sites excluding steroid dienone is 1. The van der Waals surface area contributed by atoms with Crippen molar-refractivity contribution in [3.8, 4) is 0 Å².